The summed E-state index contributed by atoms with van der Waals surface area (Å²) in [5, 5.41) is 3.44. The Morgan fingerprint density at radius 3 is 2.72 bits per heavy atom. The quantitative estimate of drug-likeness (QED) is 0.884. The number of nitrogens with one attached hydrogen (secondary N) is 1. The van der Waals surface area contributed by atoms with E-state index in [1.54, 1.807) is 0 Å². The maximum Gasteiger partial charge on any atom is 0.156 e. The molecule has 2 aliphatic rings. The maximum absolute atomic E-state index is 12.6. The van der Waals surface area contributed by atoms with Crippen molar-refractivity contribution in [3.8, 4) is 0 Å². The van der Waals surface area contributed by atoms with Crippen LogP contribution in [0.2, 0.25) is 0 Å². The zero-order chi connectivity index (χ0) is 12.6. The van der Waals surface area contributed by atoms with Gasteiger partial charge in [-0.05, 0) is 50.6 Å². The van der Waals surface area contributed by atoms with Crippen LogP contribution in [0.15, 0.2) is 30.3 Å². The van der Waals surface area contributed by atoms with Crippen LogP contribution >= 0.6 is 0 Å². The number of Topliss-reactive ketones (excluding diaryl/α,β-unsaturated/α-hetero) is 1. The predicted octanol–water partition coefficient (Wildman–Crippen LogP) is 2.89. The minimum Gasteiger partial charge on any atom is -0.305 e. The molecule has 96 valence electrons. The second-order valence-electron chi connectivity index (χ2n) is 5.94. The number of rotatable bonds is 3. The smallest absolute Gasteiger partial charge is 0.156 e. The van der Waals surface area contributed by atoms with Crippen LogP contribution in [0.5, 0.6) is 0 Å². The summed E-state index contributed by atoms with van der Waals surface area (Å²) in [6.45, 7) is 3.08. The second kappa shape index (κ2) is 4.51. The fourth-order valence-corrected chi connectivity index (χ4v) is 3.23. The number of hydrogen-bond donors (Lipinski definition) is 1. The van der Waals surface area contributed by atoms with Crippen molar-refractivity contribution in [1.82, 2.24) is 5.32 Å². The molecule has 2 heteroatoms. The molecule has 1 aromatic carbocycles. The largest absolute Gasteiger partial charge is 0.305 e. The first-order valence-corrected chi connectivity index (χ1v) is 7.05. The van der Waals surface area contributed by atoms with Gasteiger partial charge in [0.05, 0.1) is 5.54 Å². The third-order valence-corrected chi connectivity index (χ3v) is 4.52. The maximum atomic E-state index is 12.6. The Hall–Kier alpha value is -1.15. The zero-order valence-electron chi connectivity index (χ0n) is 11.0. The molecule has 3 atom stereocenters. The van der Waals surface area contributed by atoms with Crippen LogP contribution in [0.4, 0.5) is 0 Å². The summed E-state index contributed by atoms with van der Waals surface area (Å²) >= 11 is 0. The number of carbonyl (C=O) groups is 1. The summed E-state index contributed by atoms with van der Waals surface area (Å²) < 4.78 is 0. The van der Waals surface area contributed by atoms with E-state index in [1.165, 1.54) is 18.4 Å². The van der Waals surface area contributed by atoms with Gasteiger partial charge in [0.1, 0.15) is 0 Å². The van der Waals surface area contributed by atoms with Gasteiger partial charge in [-0.15, -0.1) is 0 Å². The van der Waals surface area contributed by atoms with E-state index in [0.717, 1.165) is 19.4 Å². The predicted molar refractivity (Wildman–Crippen MR) is 72.6 cm³/mol. The van der Waals surface area contributed by atoms with Gasteiger partial charge in [-0.25, -0.2) is 0 Å². The van der Waals surface area contributed by atoms with Gasteiger partial charge < -0.3 is 5.32 Å². The lowest BCUT2D eigenvalue weighted by Gasteiger charge is -2.33. The lowest BCUT2D eigenvalue weighted by Crippen LogP contribution is -2.53. The van der Waals surface area contributed by atoms with Gasteiger partial charge in [-0.1, -0.05) is 30.3 Å². The van der Waals surface area contributed by atoms with E-state index in [0.29, 0.717) is 11.7 Å². The molecule has 1 N–H and O–H groups in total. The third kappa shape index (κ3) is 2.10. The Kier molecular flexibility index (Phi) is 2.98. The molecule has 2 fully saturated rings. The van der Waals surface area contributed by atoms with Gasteiger partial charge in [0.2, 0.25) is 0 Å². The molecule has 2 nitrogen and oxygen atoms in total. The van der Waals surface area contributed by atoms with E-state index < -0.39 is 0 Å². The van der Waals surface area contributed by atoms with Crippen molar-refractivity contribution in [2.45, 2.75) is 44.1 Å². The minimum atomic E-state index is -0.257. The number of hydrogen-bond acceptors (Lipinski definition) is 2. The second-order valence-corrected chi connectivity index (χ2v) is 5.94. The molecular weight excluding hydrogens is 222 g/mol. The highest BCUT2D eigenvalue weighted by molar-refractivity contribution is 5.93. The summed E-state index contributed by atoms with van der Waals surface area (Å²) in [4.78, 5) is 12.6. The summed E-state index contributed by atoms with van der Waals surface area (Å²) in [5.41, 5.74) is 1.07. The van der Waals surface area contributed by atoms with Gasteiger partial charge in [-0.3, -0.25) is 4.79 Å². The first-order chi connectivity index (χ1) is 8.71. The van der Waals surface area contributed by atoms with Crippen LogP contribution in [0.1, 0.15) is 44.1 Å². The van der Waals surface area contributed by atoms with Gasteiger partial charge >= 0.3 is 0 Å². The van der Waals surface area contributed by atoms with Crippen molar-refractivity contribution >= 4 is 5.78 Å². The Morgan fingerprint density at radius 2 is 2.06 bits per heavy atom. The van der Waals surface area contributed by atoms with Crippen molar-refractivity contribution < 1.29 is 4.79 Å². The Balaban J connectivity index is 1.69. The SMILES string of the molecule is CC1(C(=O)C2CC2c2ccccc2)CCCCN1. The monoisotopic (exact) mass is 243 g/mol. The summed E-state index contributed by atoms with van der Waals surface area (Å²) in [5.74, 6) is 1.17. The molecule has 0 amide bonds. The van der Waals surface area contributed by atoms with Crippen molar-refractivity contribution in [3.63, 3.8) is 0 Å². The molecule has 3 rings (SSSR count). The van der Waals surface area contributed by atoms with Crippen molar-refractivity contribution in [2.75, 3.05) is 6.54 Å². The van der Waals surface area contributed by atoms with E-state index in [4.69, 9.17) is 0 Å². The van der Waals surface area contributed by atoms with Crippen molar-refractivity contribution in [2.24, 2.45) is 5.92 Å². The normalized spacial score (nSPS) is 35.2. The van der Waals surface area contributed by atoms with Crippen LogP contribution in [-0.4, -0.2) is 17.9 Å². The molecule has 0 radical (unpaired) electrons. The highest BCUT2D eigenvalue weighted by Crippen LogP contribution is 2.50. The Bertz CT molecular complexity index is 434. The molecule has 1 saturated carbocycles. The van der Waals surface area contributed by atoms with Crippen LogP contribution in [-0.2, 0) is 4.79 Å². The number of carbonyl (C=O) groups excluding carboxylic acids is 1. The van der Waals surface area contributed by atoms with Gasteiger partial charge in [-0.2, -0.15) is 0 Å². The highest BCUT2D eigenvalue weighted by Gasteiger charge is 2.50. The van der Waals surface area contributed by atoms with E-state index in [2.05, 4.69) is 36.5 Å². The average molecular weight is 243 g/mol. The third-order valence-electron chi connectivity index (χ3n) is 4.52. The van der Waals surface area contributed by atoms with Gasteiger partial charge in [0.15, 0.2) is 5.78 Å². The highest BCUT2D eigenvalue weighted by atomic mass is 16.1. The number of piperidine rings is 1. The average Bonchev–Trinajstić information content (AvgIpc) is 3.20. The molecule has 18 heavy (non-hydrogen) atoms. The molecule has 1 saturated heterocycles. The van der Waals surface area contributed by atoms with Crippen LogP contribution in [0.3, 0.4) is 0 Å². The first kappa shape index (κ1) is 11.9. The van der Waals surface area contributed by atoms with Gasteiger partial charge in [0.25, 0.3) is 0 Å². The van der Waals surface area contributed by atoms with E-state index in [-0.39, 0.29) is 11.5 Å². The Morgan fingerprint density at radius 1 is 1.28 bits per heavy atom. The molecule has 0 spiro atoms. The zero-order valence-corrected chi connectivity index (χ0v) is 11.0. The molecule has 0 bridgehead atoms. The summed E-state index contributed by atoms with van der Waals surface area (Å²) in [6, 6.07) is 10.5. The molecule has 1 aromatic rings. The molecular formula is C16H21NO. The standard InChI is InChI=1S/C16H21NO/c1-16(9-5-6-10-17-16)15(18)14-11-13(14)12-7-3-2-4-8-12/h2-4,7-8,13-14,17H,5-6,9-11H2,1H3. The van der Waals surface area contributed by atoms with Crippen molar-refractivity contribution in [1.29, 1.82) is 0 Å². The molecule has 1 aliphatic carbocycles. The van der Waals surface area contributed by atoms with E-state index >= 15 is 0 Å². The first-order valence-electron chi connectivity index (χ1n) is 7.05. The topological polar surface area (TPSA) is 29.1 Å². The van der Waals surface area contributed by atoms with Crippen LogP contribution in [0, 0.1) is 5.92 Å². The molecule has 0 aromatic heterocycles. The number of ketones is 1. The molecule has 1 aliphatic heterocycles. The minimum absolute atomic E-state index is 0.253. The van der Waals surface area contributed by atoms with Crippen LogP contribution < -0.4 is 5.32 Å². The fourth-order valence-electron chi connectivity index (χ4n) is 3.23. The molecule has 3 unspecified atom stereocenters. The lowest BCUT2D eigenvalue weighted by atomic mass is 9.84. The fraction of sp³-hybridized carbons (Fsp3) is 0.562. The summed E-state index contributed by atoms with van der Waals surface area (Å²) in [7, 11) is 0. The Labute approximate surface area is 109 Å². The molecule has 1 heterocycles. The summed E-state index contributed by atoms with van der Waals surface area (Å²) in [6.07, 6.45) is 4.43. The van der Waals surface area contributed by atoms with E-state index in [9.17, 15) is 4.79 Å². The lowest BCUT2D eigenvalue weighted by molar-refractivity contribution is -0.127. The van der Waals surface area contributed by atoms with Crippen LogP contribution in [0.25, 0.3) is 0 Å². The van der Waals surface area contributed by atoms with E-state index in [1.807, 2.05) is 6.07 Å². The van der Waals surface area contributed by atoms with Crippen molar-refractivity contribution in [3.05, 3.63) is 35.9 Å². The van der Waals surface area contributed by atoms with Gasteiger partial charge in [0, 0.05) is 5.92 Å². The number of benzene rings is 1.